The molecular formula is C10H22N2O. The van der Waals surface area contributed by atoms with E-state index in [0.29, 0.717) is 0 Å². The standard InChI is InChI=1S/C10H22N2O/c1-12(11)9-10(13-2)7-5-3-4-6-8-10/h3-9,11H2,1-2H3. The third-order valence-corrected chi connectivity index (χ3v) is 2.99. The van der Waals surface area contributed by atoms with Crippen LogP contribution in [0, 0.1) is 0 Å². The van der Waals surface area contributed by atoms with E-state index in [1.807, 2.05) is 14.2 Å². The Hall–Kier alpha value is -0.120. The summed E-state index contributed by atoms with van der Waals surface area (Å²) in [6.07, 6.45) is 7.57. The molecule has 0 saturated heterocycles. The Morgan fingerprint density at radius 3 is 2.15 bits per heavy atom. The van der Waals surface area contributed by atoms with E-state index in [1.165, 1.54) is 25.7 Å². The lowest BCUT2D eigenvalue weighted by Gasteiger charge is -2.33. The zero-order chi connectivity index (χ0) is 9.73. The molecule has 1 rings (SSSR count). The molecule has 0 spiro atoms. The largest absolute Gasteiger partial charge is 0.377 e. The first kappa shape index (κ1) is 11.0. The van der Waals surface area contributed by atoms with E-state index in [1.54, 1.807) is 5.01 Å². The van der Waals surface area contributed by atoms with Crippen molar-refractivity contribution in [1.29, 1.82) is 0 Å². The first-order valence-electron chi connectivity index (χ1n) is 5.19. The second-order valence-electron chi connectivity index (χ2n) is 4.22. The molecule has 0 atom stereocenters. The van der Waals surface area contributed by atoms with Crippen LogP contribution in [0.2, 0.25) is 0 Å². The maximum atomic E-state index is 5.69. The van der Waals surface area contributed by atoms with Crippen molar-refractivity contribution in [2.45, 2.75) is 44.1 Å². The van der Waals surface area contributed by atoms with E-state index in [-0.39, 0.29) is 5.60 Å². The number of methoxy groups -OCH3 is 1. The van der Waals surface area contributed by atoms with E-state index >= 15 is 0 Å². The van der Waals surface area contributed by atoms with Gasteiger partial charge >= 0.3 is 0 Å². The lowest BCUT2D eigenvalue weighted by atomic mass is 9.94. The molecule has 0 unspecified atom stereocenters. The molecule has 1 aliphatic carbocycles. The van der Waals surface area contributed by atoms with Crippen molar-refractivity contribution in [3.05, 3.63) is 0 Å². The van der Waals surface area contributed by atoms with Crippen LogP contribution in [0.5, 0.6) is 0 Å². The molecule has 0 amide bonds. The van der Waals surface area contributed by atoms with Crippen molar-refractivity contribution in [3.63, 3.8) is 0 Å². The molecule has 3 nitrogen and oxygen atoms in total. The molecule has 13 heavy (non-hydrogen) atoms. The summed E-state index contributed by atoms with van der Waals surface area (Å²) in [6.45, 7) is 0.851. The summed E-state index contributed by atoms with van der Waals surface area (Å²) in [4.78, 5) is 0. The Bertz CT molecular complexity index is 140. The lowest BCUT2D eigenvalue weighted by molar-refractivity contribution is -0.0435. The van der Waals surface area contributed by atoms with Crippen LogP contribution in [-0.2, 0) is 4.74 Å². The van der Waals surface area contributed by atoms with Gasteiger partial charge in [-0.3, -0.25) is 5.84 Å². The minimum Gasteiger partial charge on any atom is -0.377 e. The Morgan fingerprint density at radius 2 is 1.77 bits per heavy atom. The average Bonchev–Trinajstić information content (AvgIpc) is 2.30. The molecular weight excluding hydrogens is 164 g/mol. The lowest BCUT2D eigenvalue weighted by Crippen LogP contribution is -2.45. The maximum Gasteiger partial charge on any atom is 0.0818 e. The van der Waals surface area contributed by atoms with Crippen molar-refractivity contribution in [2.24, 2.45) is 5.84 Å². The fourth-order valence-corrected chi connectivity index (χ4v) is 2.25. The summed E-state index contributed by atoms with van der Waals surface area (Å²) < 4.78 is 5.65. The highest BCUT2D eigenvalue weighted by Crippen LogP contribution is 2.30. The van der Waals surface area contributed by atoms with E-state index in [4.69, 9.17) is 10.6 Å². The minimum absolute atomic E-state index is 0.0278. The zero-order valence-corrected chi connectivity index (χ0v) is 8.88. The quantitative estimate of drug-likeness (QED) is 0.413. The van der Waals surface area contributed by atoms with Gasteiger partial charge in [0.05, 0.1) is 5.60 Å². The normalized spacial score (nSPS) is 23.1. The van der Waals surface area contributed by atoms with Gasteiger partial charge in [0, 0.05) is 20.7 Å². The molecule has 0 heterocycles. The maximum absolute atomic E-state index is 5.69. The molecule has 0 aromatic heterocycles. The smallest absolute Gasteiger partial charge is 0.0818 e. The molecule has 1 aliphatic rings. The second kappa shape index (κ2) is 4.94. The Labute approximate surface area is 81.2 Å². The van der Waals surface area contributed by atoms with Gasteiger partial charge in [-0.15, -0.1) is 0 Å². The van der Waals surface area contributed by atoms with Crippen LogP contribution in [0.4, 0.5) is 0 Å². The zero-order valence-electron chi connectivity index (χ0n) is 8.88. The van der Waals surface area contributed by atoms with Gasteiger partial charge in [0.25, 0.3) is 0 Å². The van der Waals surface area contributed by atoms with Gasteiger partial charge in [-0.1, -0.05) is 25.7 Å². The molecule has 2 N–H and O–H groups in total. The predicted molar refractivity (Wildman–Crippen MR) is 54.3 cm³/mol. The number of nitrogens with zero attached hydrogens (tertiary/aromatic N) is 1. The summed E-state index contributed by atoms with van der Waals surface area (Å²) >= 11 is 0. The first-order valence-corrected chi connectivity index (χ1v) is 5.19. The van der Waals surface area contributed by atoms with Crippen LogP contribution in [0.1, 0.15) is 38.5 Å². The number of nitrogens with two attached hydrogens (primary N) is 1. The van der Waals surface area contributed by atoms with Crippen molar-refractivity contribution < 1.29 is 4.74 Å². The molecule has 0 aromatic rings. The van der Waals surface area contributed by atoms with Gasteiger partial charge in [-0.2, -0.15) is 0 Å². The van der Waals surface area contributed by atoms with E-state index in [2.05, 4.69) is 0 Å². The Kier molecular flexibility index (Phi) is 4.16. The van der Waals surface area contributed by atoms with Gasteiger partial charge in [0.15, 0.2) is 0 Å². The fourth-order valence-electron chi connectivity index (χ4n) is 2.25. The number of likely N-dealkylation sites (N-methyl/N-ethyl adjacent to an activating group) is 1. The van der Waals surface area contributed by atoms with Gasteiger partial charge in [0.2, 0.25) is 0 Å². The van der Waals surface area contributed by atoms with Crippen LogP contribution in [-0.4, -0.2) is 31.3 Å². The predicted octanol–water partition coefficient (Wildman–Crippen LogP) is 1.53. The Balaban J connectivity index is 2.53. The van der Waals surface area contributed by atoms with Crippen LogP contribution >= 0.6 is 0 Å². The van der Waals surface area contributed by atoms with Crippen LogP contribution < -0.4 is 5.84 Å². The summed E-state index contributed by atoms with van der Waals surface area (Å²) in [5.74, 6) is 5.69. The third-order valence-electron chi connectivity index (χ3n) is 2.99. The van der Waals surface area contributed by atoms with Crippen molar-refractivity contribution in [3.8, 4) is 0 Å². The van der Waals surface area contributed by atoms with Gasteiger partial charge in [-0.25, -0.2) is 5.01 Å². The number of hydrogen-bond donors (Lipinski definition) is 1. The minimum atomic E-state index is 0.0278. The second-order valence-corrected chi connectivity index (χ2v) is 4.22. The van der Waals surface area contributed by atoms with Crippen LogP contribution in [0.3, 0.4) is 0 Å². The monoisotopic (exact) mass is 186 g/mol. The number of hydrazine groups is 1. The SMILES string of the molecule is COC1(CN(C)N)CCCCCC1. The molecule has 0 aromatic carbocycles. The van der Waals surface area contributed by atoms with Crippen LogP contribution in [0.25, 0.3) is 0 Å². The number of rotatable bonds is 3. The van der Waals surface area contributed by atoms with Crippen molar-refractivity contribution in [1.82, 2.24) is 5.01 Å². The first-order chi connectivity index (χ1) is 6.18. The molecule has 3 heteroatoms. The topological polar surface area (TPSA) is 38.5 Å². The number of hydrogen-bond acceptors (Lipinski definition) is 3. The molecule has 1 fully saturated rings. The van der Waals surface area contributed by atoms with Crippen molar-refractivity contribution >= 4 is 0 Å². The summed E-state index contributed by atoms with van der Waals surface area (Å²) in [7, 11) is 3.72. The highest BCUT2D eigenvalue weighted by atomic mass is 16.5. The van der Waals surface area contributed by atoms with Gasteiger partial charge in [0.1, 0.15) is 0 Å². The van der Waals surface area contributed by atoms with Gasteiger partial charge < -0.3 is 4.74 Å². The highest BCUT2D eigenvalue weighted by Gasteiger charge is 2.31. The molecule has 0 bridgehead atoms. The molecule has 1 saturated carbocycles. The van der Waals surface area contributed by atoms with Crippen LogP contribution in [0.15, 0.2) is 0 Å². The summed E-state index contributed by atoms with van der Waals surface area (Å²) in [5, 5.41) is 1.74. The molecule has 78 valence electrons. The Morgan fingerprint density at radius 1 is 1.23 bits per heavy atom. The average molecular weight is 186 g/mol. The summed E-state index contributed by atoms with van der Waals surface area (Å²) in [5.41, 5.74) is 0.0278. The third kappa shape index (κ3) is 3.25. The molecule has 0 radical (unpaired) electrons. The fraction of sp³-hybridized carbons (Fsp3) is 1.00. The summed E-state index contributed by atoms with van der Waals surface area (Å²) in [6, 6.07) is 0. The van der Waals surface area contributed by atoms with E-state index in [0.717, 1.165) is 19.4 Å². The van der Waals surface area contributed by atoms with Crippen molar-refractivity contribution in [2.75, 3.05) is 20.7 Å². The van der Waals surface area contributed by atoms with Gasteiger partial charge in [-0.05, 0) is 12.8 Å². The van der Waals surface area contributed by atoms with E-state index < -0.39 is 0 Å². The van der Waals surface area contributed by atoms with E-state index in [9.17, 15) is 0 Å². The number of ether oxygens (including phenoxy) is 1. The highest BCUT2D eigenvalue weighted by molar-refractivity contribution is 4.84. The molecule has 0 aliphatic heterocycles.